The van der Waals surface area contributed by atoms with Crippen LogP contribution in [0.4, 0.5) is 5.82 Å². The van der Waals surface area contributed by atoms with Crippen molar-refractivity contribution in [3.8, 4) is 0 Å². The minimum atomic E-state index is -0.265. The van der Waals surface area contributed by atoms with E-state index in [0.717, 1.165) is 37.6 Å². The van der Waals surface area contributed by atoms with E-state index >= 15 is 0 Å². The Morgan fingerprint density at radius 3 is 2.53 bits per heavy atom. The number of rotatable bonds is 4. The van der Waals surface area contributed by atoms with Crippen LogP contribution in [-0.4, -0.2) is 48.0 Å². The highest BCUT2D eigenvalue weighted by Gasteiger charge is 2.24. The average Bonchev–Trinajstić information content (AvgIpc) is 2.46. The van der Waals surface area contributed by atoms with E-state index in [9.17, 15) is 4.79 Å². The van der Waals surface area contributed by atoms with Crippen LogP contribution in [0.1, 0.15) is 12.5 Å². The van der Waals surface area contributed by atoms with Gasteiger partial charge in [-0.3, -0.25) is 9.69 Å². The second-order valence-electron chi connectivity index (χ2n) is 4.83. The normalized spacial score (nSPS) is 18.3. The van der Waals surface area contributed by atoms with Crippen molar-refractivity contribution in [1.29, 1.82) is 0 Å². The Morgan fingerprint density at radius 1 is 1.37 bits per heavy atom. The lowest BCUT2D eigenvalue weighted by Gasteiger charge is -2.37. The summed E-state index contributed by atoms with van der Waals surface area (Å²) in [6, 6.07) is 3.80. The lowest BCUT2D eigenvalue weighted by Crippen LogP contribution is -2.53. The molecule has 6 nitrogen and oxygen atoms in total. The van der Waals surface area contributed by atoms with E-state index in [1.807, 2.05) is 25.3 Å². The fourth-order valence-corrected chi connectivity index (χ4v) is 2.24. The van der Waals surface area contributed by atoms with Gasteiger partial charge in [0.15, 0.2) is 0 Å². The van der Waals surface area contributed by atoms with Crippen molar-refractivity contribution in [3.63, 3.8) is 0 Å². The SMILES string of the molecule is CC(C(N)=O)N1CCN(c2ccc(CN)cn2)CC1. The molecule has 1 unspecified atom stereocenters. The number of piperazine rings is 1. The standard InChI is InChI=1S/C13H21N5O/c1-10(13(15)19)17-4-6-18(7-5-17)12-3-2-11(8-14)9-16-12/h2-3,9-10H,4-8,14H2,1H3,(H2,15,19). The molecule has 0 spiro atoms. The summed E-state index contributed by atoms with van der Waals surface area (Å²) in [5, 5.41) is 0. The second-order valence-corrected chi connectivity index (χ2v) is 4.83. The molecule has 1 amide bonds. The number of pyridine rings is 1. The van der Waals surface area contributed by atoms with Crippen LogP contribution in [-0.2, 0) is 11.3 Å². The number of hydrogen-bond acceptors (Lipinski definition) is 5. The molecule has 19 heavy (non-hydrogen) atoms. The predicted molar refractivity (Wildman–Crippen MR) is 74.6 cm³/mol. The van der Waals surface area contributed by atoms with Crippen molar-refractivity contribution in [3.05, 3.63) is 23.9 Å². The summed E-state index contributed by atoms with van der Waals surface area (Å²) in [4.78, 5) is 19.9. The summed E-state index contributed by atoms with van der Waals surface area (Å²) in [6.07, 6.45) is 1.81. The van der Waals surface area contributed by atoms with Gasteiger partial charge in [0.2, 0.25) is 5.91 Å². The van der Waals surface area contributed by atoms with Gasteiger partial charge in [0.1, 0.15) is 5.82 Å². The van der Waals surface area contributed by atoms with Crippen molar-refractivity contribution in [1.82, 2.24) is 9.88 Å². The summed E-state index contributed by atoms with van der Waals surface area (Å²) in [5.41, 5.74) is 11.9. The first-order valence-corrected chi connectivity index (χ1v) is 6.55. The predicted octanol–water partition coefficient (Wildman–Crippen LogP) is -0.464. The number of amides is 1. The zero-order valence-corrected chi connectivity index (χ0v) is 11.2. The Kier molecular flexibility index (Phi) is 4.34. The molecule has 1 saturated heterocycles. The lowest BCUT2D eigenvalue weighted by molar-refractivity contribution is -0.122. The molecule has 1 aromatic heterocycles. The number of carbonyl (C=O) groups is 1. The van der Waals surface area contributed by atoms with Crippen LogP contribution in [0.15, 0.2) is 18.3 Å². The second kappa shape index (κ2) is 5.99. The molecule has 0 radical (unpaired) electrons. The molecule has 1 fully saturated rings. The Bertz CT molecular complexity index is 425. The van der Waals surface area contributed by atoms with Crippen LogP contribution in [0, 0.1) is 0 Å². The Hall–Kier alpha value is -1.66. The molecule has 104 valence electrons. The van der Waals surface area contributed by atoms with E-state index in [1.165, 1.54) is 0 Å². The first-order chi connectivity index (χ1) is 9.11. The quantitative estimate of drug-likeness (QED) is 0.767. The smallest absolute Gasteiger partial charge is 0.234 e. The highest BCUT2D eigenvalue weighted by molar-refractivity contribution is 5.79. The van der Waals surface area contributed by atoms with Crippen LogP contribution < -0.4 is 16.4 Å². The van der Waals surface area contributed by atoms with E-state index in [0.29, 0.717) is 6.54 Å². The summed E-state index contributed by atoms with van der Waals surface area (Å²) in [6.45, 7) is 5.72. The van der Waals surface area contributed by atoms with Crippen LogP contribution in [0.3, 0.4) is 0 Å². The van der Waals surface area contributed by atoms with Gasteiger partial charge < -0.3 is 16.4 Å². The zero-order chi connectivity index (χ0) is 13.8. The number of hydrogen-bond donors (Lipinski definition) is 2. The molecule has 0 aromatic carbocycles. The highest BCUT2D eigenvalue weighted by Crippen LogP contribution is 2.15. The fraction of sp³-hybridized carbons (Fsp3) is 0.538. The van der Waals surface area contributed by atoms with Gasteiger partial charge in [-0.25, -0.2) is 4.98 Å². The molecule has 1 aromatic rings. The third-order valence-electron chi connectivity index (χ3n) is 3.64. The molecule has 0 bridgehead atoms. The zero-order valence-electron chi connectivity index (χ0n) is 11.2. The minimum Gasteiger partial charge on any atom is -0.368 e. The first kappa shape index (κ1) is 13.8. The lowest BCUT2D eigenvalue weighted by atomic mass is 10.2. The third-order valence-corrected chi connectivity index (χ3v) is 3.64. The minimum absolute atomic E-state index is 0.199. The van der Waals surface area contributed by atoms with Gasteiger partial charge >= 0.3 is 0 Å². The van der Waals surface area contributed by atoms with Gasteiger partial charge in [-0.1, -0.05) is 6.07 Å². The number of carbonyl (C=O) groups excluding carboxylic acids is 1. The monoisotopic (exact) mass is 263 g/mol. The fourth-order valence-electron chi connectivity index (χ4n) is 2.24. The molecule has 1 atom stereocenters. The molecule has 0 saturated carbocycles. The Morgan fingerprint density at radius 2 is 2.05 bits per heavy atom. The molecule has 2 heterocycles. The van der Waals surface area contributed by atoms with Gasteiger partial charge in [-0.15, -0.1) is 0 Å². The molecule has 0 aliphatic carbocycles. The average molecular weight is 263 g/mol. The van der Waals surface area contributed by atoms with Crippen molar-refractivity contribution >= 4 is 11.7 Å². The summed E-state index contributed by atoms with van der Waals surface area (Å²) < 4.78 is 0. The number of anilines is 1. The number of nitrogens with two attached hydrogens (primary N) is 2. The molecule has 2 rings (SSSR count). The van der Waals surface area contributed by atoms with E-state index < -0.39 is 0 Å². The van der Waals surface area contributed by atoms with Crippen LogP contribution in [0.25, 0.3) is 0 Å². The van der Waals surface area contributed by atoms with Crippen LogP contribution in [0.5, 0.6) is 0 Å². The van der Waals surface area contributed by atoms with Crippen molar-refractivity contribution < 1.29 is 4.79 Å². The number of nitrogens with zero attached hydrogens (tertiary/aromatic N) is 3. The molecular formula is C13H21N5O. The number of aromatic nitrogens is 1. The van der Waals surface area contributed by atoms with Crippen molar-refractivity contribution in [2.24, 2.45) is 11.5 Å². The molecule has 6 heteroatoms. The maximum absolute atomic E-state index is 11.2. The Labute approximate surface area is 113 Å². The van der Waals surface area contributed by atoms with E-state index in [2.05, 4.69) is 14.8 Å². The summed E-state index contributed by atoms with van der Waals surface area (Å²) in [7, 11) is 0. The number of primary amides is 1. The van der Waals surface area contributed by atoms with E-state index in [4.69, 9.17) is 11.5 Å². The van der Waals surface area contributed by atoms with E-state index in [-0.39, 0.29) is 11.9 Å². The van der Waals surface area contributed by atoms with Gasteiger partial charge in [0, 0.05) is 38.9 Å². The Balaban J connectivity index is 1.93. The van der Waals surface area contributed by atoms with Gasteiger partial charge in [0.05, 0.1) is 6.04 Å². The maximum Gasteiger partial charge on any atom is 0.234 e. The first-order valence-electron chi connectivity index (χ1n) is 6.55. The molecular weight excluding hydrogens is 242 g/mol. The van der Waals surface area contributed by atoms with Crippen molar-refractivity contribution in [2.75, 3.05) is 31.1 Å². The van der Waals surface area contributed by atoms with Gasteiger partial charge in [-0.05, 0) is 18.6 Å². The maximum atomic E-state index is 11.2. The van der Waals surface area contributed by atoms with Gasteiger partial charge in [-0.2, -0.15) is 0 Å². The summed E-state index contributed by atoms with van der Waals surface area (Å²) in [5.74, 6) is 0.697. The van der Waals surface area contributed by atoms with Crippen LogP contribution in [0.2, 0.25) is 0 Å². The molecule has 4 N–H and O–H groups in total. The molecule has 1 aliphatic rings. The largest absolute Gasteiger partial charge is 0.368 e. The third kappa shape index (κ3) is 3.21. The highest BCUT2D eigenvalue weighted by atomic mass is 16.1. The van der Waals surface area contributed by atoms with E-state index in [1.54, 1.807) is 0 Å². The van der Waals surface area contributed by atoms with Gasteiger partial charge in [0.25, 0.3) is 0 Å². The molecule has 1 aliphatic heterocycles. The van der Waals surface area contributed by atoms with Crippen LogP contribution >= 0.6 is 0 Å². The summed E-state index contributed by atoms with van der Waals surface area (Å²) >= 11 is 0. The topological polar surface area (TPSA) is 88.5 Å². The van der Waals surface area contributed by atoms with Crippen molar-refractivity contribution in [2.45, 2.75) is 19.5 Å².